The van der Waals surface area contributed by atoms with E-state index in [-0.39, 0.29) is 21.9 Å². The van der Waals surface area contributed by atoms with Crippen LogP contribution >= 0.6 is 11.6 Å². The number of sulfone groups is 1. The molecule has 1 aliphatic rings. The van der Waals surface area contributed by atoms with Crippen LogP contribution in [0.2, 0.25) is 5.02 Å². The SMILES string of the molecule is COC(=O)c1ccc(C(=O)N(C)C2CS(=O)(=O)c3ccc(Cl)cc32)nc1. The normalized spacial score (nSPS) is 17.4. The predicted molar refractivity (Wildman–Crippen MR) is 93.9 cm³/mol. The summed E-state index contributed by atoms with van der Waals surface area (Å²) in [7, 11) is -0.731. The monoisotopic (exact) mass is 394 g/mol. The van der Waals surface area contributed by atoms with Gasteiger partial charge in [0, 0.05) is 18.3 Å². The van der Waals surface area contributed by atoms with E-state index in [9.17, 15) is 18.0 Å². The highest BCUT2D eigenvalue weighted by Gasteiger charge is 2.39. The molecule has 0 spiro atoms. The Hall–Kier alpha value is -2.45. The molecule has 0 bridgehead atoms. The van der Waals surface area contributed by atoms with E-state index >= 15 is 0 Å². The molecule has 2 heterocycles. The van der Waals surface area contributed by atoms with Crippen molar-refractivity contribution in [1.29, 1.82) is 0 Å². The number of esters is 1. The summed E-state index contributed by atoms with van der Waals surface area (Å²) in [6.07, 6.45) is 1.24. The number of amides is 1. The van der Waals surface area contributed by atoms with Gasteiger partial charge in [-0.3, -0.25) is 9.78 Å². The van der Waals surface area contributed by atoms with Crippen molar-refractivity contribution in [2.24, 2.45) is 0 Å². The Kier molecular flexibility index (Phi) is 4.72. The second-order valence-electron chi connectivity index (χ2n) is 5.82. The fourth-order valence-corrected chi connectivity index (χ4v) is 4.86. The van der Waals surface area contributed by atoms with Gasteiger partial charge in [-0.05, 0) is 35.9 Å². The largest absolute Gasteiger partial charge is 0.465 e. The third kappa shape index (κ3) is 3.17. The van der Waals surface area contributed by atoms with E-state index in [0.29, 0.717) is 10.6 Å². The molecule has 2 aromatic rings. The molecule has 1 aromatic carbocycles. The molecule has 0 fully saturated rings. The van der Waals surface area contributed by atoms with Gasteiger partial charge >= 0.3 is 5.97 Å². The van der Waals surface area contributed by atoms with Gasteiger partial charge in [0.15, 0.2) is 9.84 Å². The van der Waals surface area contributed by atoms with Crippen LogP contribution in [0.3, 0.4) is 0 Å². The van der Waals surface area contributed by atoms with Crippen LogP contribution in [0.15, 0.2) is 41.4 Å². The zero-order valence-electron chi connectivity index (χ0n) is 14.0. The Bertz CT molecular complexity index is 989. The number of carbonyl (C=O) groups is 2. The van der Waals surface area contributed by atoms with Crippen LogP contribution < -0.4 is 0 Å². The summed E-state index contributed by atoms with van der Waals surface area (Å²) in [5.74, 6) is -1.24. The molecule has 0 N–H and O–H groups in total. The smallest absolute Gasteiger partial charge is 0.339 e. The predicted octanol–water partition coefficient (Wildman–Crippen LogP) is 2.12. The Morgan fingerprint density at radius 2 is 2.00 bits per heavy atom. The molecule has 3 rings (SSSR count). The van der Waals surface area contributed by atoms with E-state index in [4.69, 9.17) is 11.6 Å². The number of benzene rings is 1. The summed E-state index contributed by atoms with van der Waals surface area (Å²) in [6, 6.07) is 6.68. The van der Waals surface area contributed by atoms with Gasteiger partial charge in [0.1, 0.15) is 5.69 Å². The van der Waals surface area contributed by atoms with Gasteiger partial charge in [-0.1, -0.05) is 11.6 Å². The molecule has 136 valence electrons. The Morgan fingerprint density at radius 1 is 1.27 bits per heavy atom. The van der Waals surface area contributed by atoms with Crippen molar-refractivity contribution in [3.8, 4) is 0 Å². The van der Waals surface area contributed by atoms with Crippen molar-refractivity contribution in [3.63, 3.8) is 0 Å². The maximum atomic E-state index is 12.7. The fourth-order valence-electron chi connectivity index (χ4n) is 2.85. The van der Waals surface area contributed by atoms with Crippen LogP contribution in [0.1, 0.15) is 32.5 Å². The van der Waals surface area contributed by atoms with Crippen molar-refractivity contribution in [2.75, 3.05) is 19.9 Å². The number of aromatic nitrogens is 1. The number of nitrogens with zero attached hydrogens (tertiary/aromatic N) is 2. The van der Waals surface area contributed by atoms with E-state index < -0.39 is 27.8 Å². The van der Waals surface area contributed by atoms with E-state index in [1.165, 1.54) is 49.5 Å². The molecule has 7 nitrogen and oxygen atoms in total. The second kappa shape index (κ2) is 6.69. The van der Waals surface area contributed by atoms with E-state index in [1.807, 2.05) is 0 Å². The first kappa shape index (κ1) is 18.3. The summed E-state index contributed by atoms with van der Waals surface area (Å²) >= 11 is 5.99. The highest BCUT2D eigenvalue weighted by Crippen LogP contribution is 2.38. The molecule has 9 heteroatoms. The number of hydrogen-bond acceptors (Lipinski definition) is 6. The highest BCUT2D eigenvalue weighted by atomic mass is 35.5. The second-order valence-corrected chi connectivity index (χ2v) is 8.26. The first-order valence-corrected chi connectivity index (χ1v) is 9.61. The fraction of sp³-hybridized carbons (Fsp3) is 0.235. The maximum Gasteiger partial charge on any atom is 0.339 e. The molecule has 1 amide bonds. The molecule has 0 saturated heterocycles. The van der Waals surface area contributed by atoms with Crippen LogP contribution in [-0.2, 0) is 14.6 Å². The van der Waals surface area contributed by atoms with E-state index in [1.54, 1.807) is 6.07 Å². The first-order valence-electron chi connectivity index (χ1n) is 7.58. The van der Waals surface area contributed by atoms with Gasteiger partial charge in [-0.15, -0.1) is 0 Å². The lowest BCUT2D eigenvalue weighted by atomic mass is 10.1. The van der Waals surface area contributed by atoms with Crippen molar-refractivity contribution >= 4 is 33.3 Å². The molecule has 1 unspecified atom stereocenters. The molecular weight excluding hydrogens is 380 g/mol. The molecular formula is C17H15ClN2O5S. The molecule has 0 aliphatic carbocycles. The maximum absolute atomic E-state index is 12.7. The summed E-state index contributed by atoms with van der Waals surface area (Å²) < 4.78 is 29.3. The van der Waals surface area contributed by atoms with Crippen LogP contribution in [0.4, 0.5) is 0 Å². The number of carbonyl (C=O) groups excluding carboxylic acids is 2. The highest BCUT2D eigenvalue weighted by molar-refractivity contribution is 7.91. The number of pyridine rings is 1. The van der Waals surface area contributed by atoms with E-state index in [0.717, 1.165) is 0 Å². The lowest BCUT2D eigenvalue weighted by Gasteiger charge is -2.24. The minimum atomic E-state index is -3.49. The summed E-state index contributed by atoms with van der Waals surface area (Å²) in [5.41, 5.74) is 0.792. The Morgan fingerprint density at radius 3 is 2.62 bits per heavy atom. The average Bonchev–Trinajstić information content (AvgIpc) is 2.90. The number of fused-ring (bicyclic) bond motifs is 1. The number of methoxy groups -OCH3 is 1. The minimum Gasteiger partial charge on any atom is -0.465 e. The minimum absolute atomic E-state index is 0.0908. The van der Waals surface area contributed by atoms with Gasteiger partial charge in [-0.25, -0.2) is 13.2 Å². The standard InChI is InChI=1S/C17H15ClN2O5S/c1-20(16(21)13-5-3-10(8-19-13)17(22)25-2)14-9-26(23,24)15-6-4-11(18)7-12(14)15/h3-8,14H,9H2,1-2H3. The number of ether oxygens (including phenoxy) is 1. The molecule has 1 aromatic heterocycles. The molecule has 26 heavy (non-hydrogen) atoms. The lowest BCUT2D eigenvalue weighted by molar-refractivity contribution is 0.0598. The molecule has 0 saturated carbocycles. The summed E-state index contributed by atoms with van der Waals surface area (Å²) in [6.45, 7) is 0. The number of rotatable bonds is 3. The van der Waals surface area contributed by atoms with Gasteiger partial charge in [-0.2, -0.15) is 0 Å². The van der Waals surface area contributed by atoms with Gasteiger partial charge < -0.3 is 9.64 Å². The van der Waals surface area contributed by atoms with Gasteiger partial charge in [0.05, 0.1) is 29.4 Å². The number of halogens is 1. The summed E-state index contributed by atoms with van der Waals surface area (Å²) in [5, 5.41) is 0.396. The van der Waals surface area contributed by atoms with Crippen LogP contribution in [-0.4, -0.2) is 50.1 Å². The van der Waals surface area contributed by atoms with Crippen LogP contribution in [0.5, 0.6) is 0 Å². The summed E-state index contributed by atoms with van der Waals surface area (Å²) in [4.78, 5) is 29.6. The molecule has 1 aliphatic heterocycles. The van der Waals surface area contributed by atoms with Gasteiger partial charge in [0.2, 0.25) is 0 Å². The Balaban J connectivity index is 1.90. The van der Waals surface area contributed by atoms with Crippen molar-refractivity contribution in [2.45, 2.75) is 10.9 Å². The van der Waals surface area contributed by atoms with Crippen molar-refractivity contribution < 1.29 is 22.7 Å². The first-order chi connectivity index (χ1) is 12.2. The quantitative estimate of drug-likeness (QED) is 0.740. The molecule has 1 atom stereocenters. The molecule has 0 radical (unpaired) electrons. The topological polar surface area (TPSA) is 93.6 Å². The zero-order valence-corrected chi connectivity index (χ0v) is 15.5. The number of hydrogen-bond donors (Lipinski definition) is 0. The Labute approximate surface area is 155 Å². The zero-order chi connectivity index (χ0) is 19.1. The van der Waals surface area contributed by atoms with Crippen molar-refractivity contribution in [1.82, 2.24) is 9.88 Å². The van der Waals surface area contributed by atoms with E-state index in [2.05, 4.69) is 9.72 Å². The third-order valence-electron chi connectivity index (χ3n) is 4.23. The average molecular weight is 395 g/mol. The third-order valence-corrected chi connectivity index (χ3v) is 6.27. The van der Waals surface area contributed by atoms with Crippen molar-refractivity contribution in [3.05, 3.63) is 58.4 Å². The van der Waals surface area contributed by atoms with Crippen LogP contribution in [0, 0.1) is 0 Å². The van der Waals surface area contributed by atoms with Gasteiger partial charge in [0.25, 0.3) is 5.91 Å². The van der Waals surface area contributed by atoms with Crippen LogP contribution in [0.25, 0.3) is 0 Å². The lowest BCUT2D eigenvalue weighted by Crippen LogP contribution is -2.32.